The van der Waals surface area contributed by atoms with Crippen molar-refractivity contribution >= 4 is 34.9 Å². The molecule has 2 aromatic carbocycles. The van der Waals surface area contributed by atoms with Gasteiger partial charge >= 0.3 is 5.97 Å². The lowest BCUT2D eigenvalue weighted by atomic mass is 9.94. The summed E-state index contributed by atoms with van der Waals surface area (Å²) in [6, 6.07) is 15.7. The van der Waals surface area contributed by atoms with Crippen LogP contribution in [0, 0.1) is 0 Å². The van der Waals surface area contributed by atoms with E-state index in [1.165, 1.54) is 7.11 Å². The molecule has 1 unspecified atom stereocenters. The van der Waals surface area contributed by atoms with E-state index in [-0.39, 0.29) is 5.91 Å². The lowest BCUT2D eigenvalue weighted by Crippen LogP contribution is -2.45. The molecule has 3 N–H and O–H groups in total. The van der Waals surface area contributed by atoms with Crippen molar-refractivity contribution in [1.29, 1.82) is 0 Å². The normalized spacial score (nSPS) is 16.2. The molecular weight excluding hydrogens is 362 g/mol. The van der Waals surface area contributed by atoms with E-state index in [4.69, 9.17) is 17.0 Å². The van der Waals surface area contributed by atoms with Gasteiger partial charge in [-0.1, -0.05) is 30.3 Å². The van der Waals surface area contributed by atoms with Crippen LogP contribution < -0.4 is 16.0 Å². The third-order valence-corrected chi connectivity index (χ3v) is 4.43. The molecular formula is C20H19N3O3S. The van der Waals surface area contributed by atoms with Crippen LogP contribution in [0.5, 0.6) is 0 Å². The number of esters is 1. The number of methoxy groups -OCH3 is 1. The maximum atomic E-state index is 12.9. The maximum Gasteiger partial charge on any atom is 0.337 e. The third kappa shape index (κ3) is 4.15. The van der Waals surface area contributed by atoms with Crippen LogP contribution in [-0.2, 0) is 9.53 Å². The fourth-order valence-electron chi connectivity index (χ4n) is 2.89. The number of hydrogen-bond acceptors (Lipinski definition) is 4. The highest BCUT2D eigenvalue weighted by molar-refractivity contribution is 7.80. The summed E-state index contributed by atoms with van der Waals surface area (Å²) in [6.45, 7) is 1.81. The highest BCUT2D eigenvalue weighted by Gasteiger charge is 2.30. The maximum absolute atomic E-state index is 12.9. The number of carbonyl (C=O) groups excluding carboxylic acids is 2. The molecule has 0 spiro atoms. The summed E-state index contributed by atoms with van der Waals surface area (Å²) in [7, 11) is 1.33. The Morgan fingerprint density at radius 2 is 1.74 bits per heavy atom. The molecule has 6 nitrogen and oxygen atoms in total. The SMILES string of the molecule is COC(=O)c1ccc(C2NC(=S)NC(C)=C2C(=O)Nc2ccccc2)cc1. The van der Waals surface area contributed by atoms with E-state index in [0.29, 0.717) is 27.6 Å². The summed E-state index contributed by atoms with van der Waals surface area (Å²) in [5.41, 5.74) is 3.15. The van der Waals surface area contributed by atoms with E-state index in [1.54, 1.807) is 24.3 Å². The van der Waals surface area contributed by atoms with Gasteiger partial charge in [0.25, 0.3) is 5.91 Å². The fourth-order valence-corrected chi connectivity index (χ4v) is 3.17. The first kappa shape index (κ1) is 18.6. The number of thiocarbonyl (C=S) groups is 1. The first-order valence-corrected chi connectivity index (χ1v) is 8.73. The predicted molar refractivity (Wildman–Crippen MR) is 107 cm³/mol. The Labute approximate surface area is 162 Å². The highest BCUT2D eigenvalue weighted by Crippen LogP contribution is 2.28. The van der Waals surface area contributed by atoms with E-state index in [9.17, 15) is 9.59 Å². The first-order valence-electron chi connectivity index (χ1n) is 8.32. The molecule has 27 heavy (non-hydrogen) atoms. The number of rotatable bonds is 4. The number of para-hydroxylation sites is 1. The van der Waals surface area contributed by atoms with Gasteiger partial charge in [-0.15, -0.1) is 0 Å². The van der Waals surface area contributed by atoms with Gasteiger partial charge in [0.1, 0.15) is 0 Å². The van der Waals surface area contributed by atoms with Crippen molar-refractivity contribution in [2.75, 3.05) is 12.4 Å². The van der Waals surface area contributed by atoms with Crippen molar-refractivity contribution in [1.82, 2.24) is 10.6 Å². The molecule has 2 aromatic rings. The van der Waals surface area contributed by atoms with Crippen molar-refractivity contribution in [3.05, 3.63) is 77.0 Å². The van der Waals surface area contributed by atoms with Gasteiger partial charge in [-0.3, -0.25) is 4.79 Å². The zero-order valence-electron chi connectivity index (χ0n) is 14.9. The lowest BCUT2D eigenvalue weighted by molar-refractivity contribution is -0.113. The Bertz CT molecular complexity index is 908. The van der Waals surface area contributed by atoms with E-state index >= 15 is 0 Å². The minimum absolute atomic E-state index is 0.233. The molecule has 3 rings (SSSR count). The molecule has 1 amide bonds. The second-order valence-corrected chi connectivity index (χ2v) is 6.41. The summed E-state index contributed by atoms with van der Waals surface area (Å²) in [5.74, 6) is -0.646. The Kier molecular flexibility index (Phi) is 5.52. The van der Waals surface area contributed by atoms with Gasteiger partial charge in [0, 0.05) is 11.4 Å². The monoisotopic (exact) mass is 381 g/mol. The molecule has 1 aliphatic rings. The summed E-state index contributed by atoms with van der Waals surface area (Å²) in [4.78, 5) is 24.6. The fraction of sp³-hybridized carbons (Fsp3) is 0.150. The summed E-state index contributed by atoms with van der Waals surface area (Å²) in [6.07, 6.45) is 0. The van der Waals surface area contributed by atoms with Crippen molar-refractivity contribution < 1.29 is 14.3 Å². The Hall–Kier alpha value is -3.19. The number of hydrogen-bond donors (Lipinski definition) is 3. The number of ether oxygens (including phenoxy) is 1. The van der Waals surface area contributed by atoms with E-state index in [2.05, 4.69) is 16.0 Å². The Balaban J connectivity index is 1.92. The number of anilines is 1. The van der Waals surface area contributed by atoms with Crippen molar-refractivity contribution in [2.45, 2.75) is 13.0 Å². The zero-order chi connectivity index (χ0) is 19.4. The van der Waals surface area contributed by atoms with Gasteiger partial charge in [-0.25, -0.2) is 4.79 Å². The standard InChI is InChI=1S/C20H19N3O3S/c1-12-16(18(24)22-15-6-4-3-5-7-15)17(23-20(27)21-12)13-8-10-14(11-9-13)19(25)26-2/h3-11,17H,1-2H3,(H,22,24)(H2,21,23,27). The largest absolute Gasteiger partial charge is 0.465 e. The van der Waals surface area contributed by atoms with Gasteiger partial charge in [0.2, 0.25) is 0 Å². The average Bonchev–Trinajstić information content (AvgIpc) is 2.67. The second-order valence-electron chi connectivity index (χ2n) is 6.00. The molecule has 0 saturated heterocycles. The van der Waals surface area contributed by atoms with Crippen LogP contribution in [-0.4, -0.2) is 24.1 Å². The van der Waals surface area contributed by atoms with Gasteiger partial charge in [-0.05, 0) is 49.0 Å². The molecule has 0 aliphatic carbocycles. The van der Waals surface area contributed by atoms with Gasteiger partial charge < -0.3 is 20.7 Å². The second kappa shape index (κ2) is 8.01. The molecule has 0 aromatic heterocycles. The van der Waals surface area contributed by atoms with Crippen LogP contribution in [0.4, 0.5) is 5.69 Å². The van der Waals surface area contributed by atoms with E-state index in [1.807, 2.05) is 37.3 Å². The van der Waals surface area contributed by atoms with Crippen LogP contribution in [0.2, 0.25) is 0 Å². The molecule has 0 saturated carbocycles. The average molecular weight is 381 g/mol. The first-order chi connectivity index (χ1) is 13.0. The summed E-state index contributed by atoms with van der Waals surface area (Å²) in [5, 5.41) is 9.46. The van der Waals surface area contributed by atoms with Crippen LogP contribution in [0.1, 0.15) is 28.9 Å². The van der Waals surface area contributed by atoms with Crippen molar-refractivity contribution in [2.24, 2.45) is 0 Å². The summed E-state index contributed by atoms with van der Waals surface area (Å²) < 4.78 is 4.72. The van der Waals surface area contributed by atoms with Crippen LogP contribution in [0.3, 0.4) is 0 Å². The molecule has 1 atom stereocenters. The number of allylic oxidation sites excluding steroid dienone is 1. The Morgan fingerprint density at radius 3 is 2.37 bits per heavy atom. The number of carbonyl (C=O) groups is 2. The van der Waals surface area contributed by atoms with Gasteiger partial charge in [-0.2, -0.15) is 0 Å². The molecule has 0 fully saturated rings. The summed E-state index contributed by atoms with van der Waals surface area (Å²) >= 11 is 5.25. The van der Waals surface area contributed by atoms with Crippen LogP contribution in [0.15, 0.2) is 65.9 Å². The molecule has 7 heteroatoms. The van der Waals surface area contributed by atoms with Gasteiger partial charge in [0.05, 0.1) is 24.3 Å². The smallest absolute Gasteiger partial charge is 0.337 e. The van der Waals surface area contributed by atoms with E-state index < -0.39 is 12.0 Å². The van der Waals surface area contributed by atoms with Crippen molar-refractivity contribution in [3.63, 3.8) is 0 Å². The molecule has 1 heterocycles. The lowest BCUT2D eigenvalue weighted by Gasteiger charge is -2.30. The number of benzene rings is 2. The molecule has 0 bridgehead atoms. The molecule has 0 radical (unpaired) electrons. The van der Waals surface area contributed by atoms with Crippen LogP contribution >= 0.6 is 12.2 Å². The Morgan fingerprint density at radius 1 is 1.07 bits per heavy atom. The minimum Gasteiger partial charge on any atom is -0.465 e. The number of amides is 1. The molecule has 138 valence electrons. The third-order valence-electron chi connectivity index (χ3n) is 4.21. The number of nitrogens with one attached hydrogen (secondary N) is 3. The zero-order valence-corrected chi connectivity index (χ0v) is 15.7. The van der Waals surface area contributed by atoms with Gasteiger partial charge in [0.15, 0.2) is 5.11 Å². The quantitative estimate of drug-likeness (QED) is 0.558. The minimum atomic E-state index is -0.436. The predicted octanol–water partition coefficient (Wildman–Crippen LogP) is 2.90. The highest BCUT2D eigenvalue weighted by atomic mass is 32.1. The van der Waals surface area contributed by atoms with Crippen molar-refractivity contribution in [3.8, 4) is 0 Å². The molecule has 1 aliphatic heterocycles. The topological polar surface area (TPSA) is 79.5 Å². The van der Waals surface area contributed by atoms with Crippen LogP contribution in [0.25, 0.3) is 0 Å². The van der Waals surface area contributed by atoms with E-state index in [0.717, 1.165) is 5.56 Å².